The molecule has 0 N–H and O–H groups in total. The number of aryl methyl sites for hydroxylation is 1. The van der Waals surface area contributed by atoms with Crippen molar-refractivity contribution in [2.24, 2.45) is 7.05 Å². The van der Waals surface area contributed by atoms with Gasteiger partial charge in [-0.1, -0.05) is 13.8 Å². The van der Waals surface area contributed by atoms with E-state index in [2.05, 4.69) is 54.8 Å². The second kappa shape index (κ2) is 6.10. The first-order valence-electron chi connectivity index (χ1n) is 8.09. The normalized spacial score (nSPS) is 16.2. The molecule has 3 nitrogen and oxygen atoms in total. The number of likely N-dealkylation sites (tertiary alicyclic amines) is 1. The Morgan fingerprint density at radius 1 is 1.19 bits per heavy atom. The lowest BCUT2D eigenvalue weighted by Gasteiger charge is -2.15. The van der Waals surface area contributed by atoms with Gasteiger partial charge in [-0.05, 0) is 49.5 Å². The maximum absolute atomic E-state index is 5.95. The number of nitrogens with zero attached hydrogens (tertiary/aromatic N) is 2. The van der Waals surface area contributed by atoms with Gasteiger partial charge in [-0.3, -0.25) is 4.90 Å². The highest BCUT2D eigenvalue weighted by atomic mass is 16.5. The van der Waals surface area contributed by atoms with Crippen LogP contribution < -0.4 is 4.74 Å². The largest absolute Gasteiger partial charge is 0.492 e. The number of hydrogen-bond acceptors (Lipinski definition) is 2. The fourth-order valence-corrected chi connectivity index (χ4v) is 3.24. The zero-order valence-corrected chi connectivity index (χ0v) is 13.4. The Morgan fingerprint density at radius 2 is 1.95 bits per heavy atom. The third-order valence-corrected chi connectivity index (χ3v) is 4.49. The minimum Gasteiger partial charge on any atom is -0.492 e. The van der Waals surface area contributed by atoms with Crippen molar-refractivity contribution in [2.75, 3.05) is 26.2 Å². The van der Waals surface area contributed by atoms with Crippen LogP contribution in [0.25, 0.3) is 10.9 Å². The molecule has 0 bridgehead atoms. The van der Waals surface area contributed by atoms with Gasteiger partial charge in [0.25, 0.3) is 0 Å². The Morgan fingerprint density at radius 3 is 2.67 bits per heavy atom. The molecule has 3 heteroatoms. The van der Waals surface area contributed by atoms with Crippen LogP contribution in [0.4, 0.5) is 0 Å². The molecule has 0 spiro atoms. The summed E-state index contributed by atoms with van der Waals surface area (Å²) in [6, 6.07) is 6.49. The SMILES string of the molecule is CC(C)c1cn(C)c2cc(OCCN3CCCC3)ccc12. The molecule has 0 radical (unpaired) electrons. The highest BCUT2D eigenvalue weighted by Gasteiger charge is 2.12. The van der Waals surface area contributed by atoms with Gasteiger partial charge in [-0.25, -0.2) is 0 Å². The van der Waals surface area contributed by atoms with Gasteiger partial charge in [0.15, 0.2) is 0 Å². The van der Waals surface area contributed by atoms with E-state index in [9.17, 15) is 0 Å². The van der Waals surface area contributed by atoms with E-state index in [1.807, 2.05) is 0 Å². The van der Waals surface area contributed by atoms with Gasteiger partial charge >= 0.3 is 0 Å². The van der Waals surface area contributed by atoms with Crippen molar-refractivity contribution in [3.63, 3.8) is 0 Å². The van der Waals surface area contributed by atoms with Gasteiger partial charge in [0, 0.05) is 31.2 Å². The van der Waals surface area contributed by atoms with Crippen molar-refractivity contribution in [1.82, 2.24) is 9.47 Å². The van der Waals surface area contributed by atoms with E-state index in [0.29, 0.717) is 5.92 Å². The van der Waals surface area contributed by atoms with E-state index in [1.165, 1.54) is 42.4 Å². The number of benzene rings is 1. The summed E-state index contributed by atoms with van der Waals surface area (Å²) >= 11 is 0. The number of rotatable bonds is 5. The van der Waals surface area contributed by atoms with Crippen LogP contribution in [0.15, 0.2) is 24.4 Å². The molecule has 1 aliphatic heterocycles. The maximum atomic E-state index is 5.95. The van der Waals surface area contributed by atoms with E-state index in [-0.39, 0.29) is 0 Å². The first-order chi connectivity index (χ1) is 10.1. The topological polar surface area (TPSA) is 17.4 Å². The number of ether oxygens (including phenoxy) is 1. The first-order valence-corrected chi connectivity index (χ1v) is 8.09. The van der Waals surface area contributed by atoms with E-state index in [1.54, 1.807) is 0 Å². The van der Waals surface area contributed by atoms with Crippen molar-refractivity contribution >= 4 is 10.9 Å². The predicted molar refractivity (Wildman–Crippen MR) is 88.2 cm³/mol. The van der Waals surface area contributed by atoms with Crippen molar-refractivity contribution in [1.29, 1.82) is 0 Å². The summed E-state index contributed by atoms with van der Waals surface area (Å²) < 4.78 is 8.15. The van der Waals surface area contributed by atoms with E-state index in [0.717, 1.165) is 18.9 Å². The Balaban J connectivity index is 1.70. The van der Waals surface area contributed by atoms with Crippen LogP contribution in [0.3, 0.4) is 0 Å². The molecule has 0 saturated carbocycles. The molecule has 1 aromatic carbocycles. The molecule has 2 heterocycles. The van der Waals surface area contributed by atoms with E-state index >= 15 is 0 Å². The van der Waals surface area contributed by atoms with Crippen molar-refractivity contribution in [2.45, 2.75) is 32.6 Å². The minimum absolute atomic E-state index is 0.552. The Labute approximate surface area is 127 Å². The highest BCUT2D eigenvalue weighted by molar-refractivity contribution is 5.85. The third kappa shape index (κ3) is 3.08. The average Bonchev–Trinajstić information content (AvgIpc) is 3.08. The van der Waals surface area contributed by atoms with Gasteiger partial charge in [0.05, 0.1) is 5.52 Å². The molecule has 3 rings (SSSR count). The second-order valence-corrected chi connectivity index (χ2v) is 6.43. The lowest BCUT2D eigenvalue weighted by molar-refractivity contribution is 0.238. The van der Waals surface area contributed by atoms with Crippen LogP contribution in [0.1, 0.15) is 38.2 Å². The Hall–Kier alpha value is -1.48. The summed E-state index contributed by atoms with van der Waals surface area (Å²) in [5.41, 5.74) is 2.67. The van der Waals surface area contributed by atoms with Crippen LogP contribution in [0.2, 0.25) is 0 Å². The van der Waals surface area contributed by atoms with Crippen molar-refractivity contribution in [3.8, 4) is 5.75 Å². The van der Waals surface area contributed by atoms with Gasteiger partial charge in [-0.15, -0.1) is 0 Å². The molecule has 1 fully saturated rings. The van der Waals surface area contributed by atoms with Crippen molar-refractivity contribution in [3.05, 3.63) is 30.0 Å². The van der Waals surface area contributed by atoms with Crippen LogP contribution in [-0.2, 0) is 7.05 Å². The molecule has 114 valence electrons. The second-order valence-electron chi connectivity index (χ2n) is 6.43. The average molecular weight is 286 g/mol. The lowest BCUT2D eigenvalue weighted by Crippen LogP contribution is -2.25. The highest BCUT2D eigenvalue weighted by Crippen LogP contribution is 2.29. The van der Waals surface area contributed by atoms with Crippen LogP contribution in [0.5, 0.6) is 5.75 Å². The summed E-state index contributed by atoms with van der Waals surface area (Å²) in [5.74, 6) is 1.54. The first kappa shape index (κ1) is 14.5. The molecule has 1 aromatic heterocycles. The van der Waals surface area contributed by atoms with Crippen LogP contribution in [0, 0.1) is 0 Å². The molecule has 0 amide bonds. The zero-order chi connectivity index (χ0) is 14.8. The van der Waals surface area contributed by atoms with Gasteiger partial charge in [0.2, 0.25) is 0 Å². The fraction of sp³-hybridized carbons (Fsp3) is 0.556. The Bertz CT molecular complexity index is 609. The minimum atomic E-state index is 0.552. The molecular formula is C18H26N2O. The van der Waals surface area contributed by atoms with E-state index in [4.69, 9.17) is 4.74 Å². The van der Waals surface area contributed by atoms with Crippen LogP contribution >= 0.6 is 0 Å². The number of hydrogen-bond donors (Lipinski definition) is 0. The van der Waals surface area contributed by atoms with Gasteiger partial charge in [-0.2, -0.15) is 0 Å². The molecular weight excluding hydrogens is 260 g/mol. The molecule has 0 atom stereocenters. The fourth-order valence-electron chi connectivity index (χ4n) is 3.24. The predicted octanol–water partition coefficient (Wildman–Crippen LogP) is 3.78. The maximum Gasteiger partial charge on any atom is 0.121 e. The quantitative estimate of drug-likeness (QED) is 0.832. The van der Waals surface area contributed by atoms with Gasteiger partial charge < -0.3 is 9.30 Å². The number of aromatic nitrogens is 1. The third-order valence-electron chi connectivity index (χ3n) is 4.49. The van der Waals surface area contributed by atoms with E-state index < -0.39 is 0 Å². The molecule has 1 aliphatic rings. The smallest absolute Gasteiger partial charge is 0.121 e. The monoisotopic (exact) mass is 286 g/mol. The van der Waals surface area contributed by atoms with Crippen LogP contribution in [-0.4, -0.2) is 35.7 Å². The number of fused-ring (bicyclic) bond motifs is 1. The van der Waals surface area contributed by atoms with Crippen molar-refractivity contribution < 1.29 is 4.74 Å². The molecule has 0 aliphatic carbocycles. The molecule has 0 unspecified atom stereocenters. The summed E-state index contributed by atoms with van der Waals surface area (Å²) in [6.07, 6.45) is 4.92. The standard InChI is InChI=1S/C18H26N2O/c1-14(2)17-13-19(3)18-12-15(6-7-16(17)18)21-11-10-20-8-4-5-9-20/h6-7,12-14H,4-5,8-11H2,1-3H3. The zero-order valence-electron chi connectivity index (χ0n) is 13.4. The lowest BCUT2D eigenvalue weighted by atomic mass is 10.0. The summed E-state index contributed by atoms with van der Waals surface area (Å²) in [4.78, 5) is 2.48. The molecule has 2 aromatic rings. The Kier molecular flexibility index (Phi) is 4.20. The summed E-state index contributed by atoms with van der Waals surface area (Å²) in [5, 5.41) is 1.35. The summed E-state index contributed by atoms with van der Waals surface area (Å²) in [7, 11) is 2.11. The molecule has 21 heavy (non-hydrogen) atoms. The van der Waals surface area contributed by atoms with Gasteiger partial charge in [0.1, 0.15) is 12.4 Å². The summed E-state index contributed by atoms with van der Waals surface area (Å²) in [6.45, 7) is 8.79. The molecule has 1 saturated heterocycles.